The molecule has 19 heavy (non-hydrogen) atoms. The number of methoxy groups -OCH3 is 2. The van der Waals surface area contributed by atoms with Crippen molar-refractivity contribution in [1.29, 1.82) is 0 Å². The van der Waals surface area contributed by atoms with Crippen LogP contribution in [0.25, 0.3) is 11.1 Å². The Bertz CT molecular complexity index is 616. The molecule has 0 spiro atoms. The average molecular weight is 278 g/mol. The first kappa shape index (κ1) is 13.4. The van der Waals surface area contributed by atoms with Gasteiger partial charge in [-0.15, -0.1) is 11.3 Å². The summed E-state index contributed by atoms with van der Waals surface area (Å²) in [5.41, 5.74) is 1.70. The highest BCUT2D eigenvalue weighted by Gasteiger charge is 2.16. The van der Waals surface area contributed by atoms with Crippen molar-refractivity contribution in [3.05, 3.63) is 34.0 Å². The van der Waals surface area contributed by atoms with Crippen LogP contribution in [0.2, 0.25) is 0 Å². The van der Waals surface area contributed by atoms with E-state index in [0.717, 1.165) is 16.0 Å². The molecule has 0 unspecified atom stereocenters. The molecule has 0 radical (unpaired) electrons. The molecule has 4 nitrogen and oxygen atoms in total. The highest BCUT2D eigenvalue weighted by atomic mass is 32.1. The summed E-state index contributed by atoms with van der Waals surface area (Å²) in [4.78, 5) is 12.3. The minimum absolute atomic E-state index is 0.317. The molecule has 2 aromatic rings. The highest BCUT2D eigenvalue weighted by molar-refractivity contribution is 7.14. The summed E-state index contributed by atoms with van der Waals surface area (Å²) in [7, 11) is 3.18. The van der Waals surface area contributed by atoms with Gasteiger partial charge in [-0.25, -0.2) is 4.79 Å². The zero-order chi connectivity index (χ0) is 14.0. The van der Waals surface area contributed by atoms with Crippen molar-refractivity contribution in [1.82, 2.24) is 0 Å². The number of aromatic carboxylic acids is 1. The number of aryl methyl sites for hydroxylation is 1. The quantitative estimate of drug-likeness (QED) is 0.930. The second-order valence-corrected chi connectivity index (χ2v) is 5.21. The number of hydrogen-bond donors (Lipinski definition) is 1. The van der Waals surface area contributed by atoms with Crippen LogP contribution in [0.3, 0.4) is 0 Å². The molecule has 1 aromatic carbocycles. The Kier molecular flexibility index (Phi) is 3.76. The number of carbonyl (C=O) groups is 1. The average Bonchev–Trinajstić information content (AvgIpc) is 2.80. The molecule has 0 fully saturated rings. The van der Waals surface area contributed by atoms with Crippen molar-refractivity contribution < 1.29 is 19.4 Å². The van der Waals surface area contributed by atoms with Gasteiger partial charge >= 0.3 is 5.97 Å². The summed E-state index contributed by atoms with van der Waals surface area (Å²) in [6.45, 7) is 1.89. The lowest BCUT2D eigenvalue weighted by atomic mass is 10.0. The molecule has 1 heterocycles. The van der Waals surface area contributed by atoms with Gasteiger partial charge in [-0.3, -0.25) is 0 Å². The first-order chi connectivity index (χ1) is 9.06. The van der Waals surface area contributed by atoms with Gasteiger partial charge in [0.25, 0.3) is 0 Å². The molecule has 2 rings (SSSR count). The Labute approximate surface area is 115 Å². The number of ether oxygens (including phenoxy) is 2. The first-order valence-electron chi connectivity index (χ1n) is 5.63. The number of carboxylic acids is 1. The molecule has 0 bridgehead atoms. The zero-order valence-corrected chi connectivity index (χ0v) is 11.7. The molecule has 0 aliphatic heterocycles. The highest BCUT2D eigenvalue weighted by Crippen LogP contribution is 2.38. The van der Waals surface area contributed by atoms with Crippen LogP contribution in [-0.4, -0.2) is 25.3 Å². The van der Waals surface area contributed by atoms with Crippen molar-refractivity contribution in [2.75, 3.05) is 14.2 Å². The van der Waals surface area contributed by atoms with Crippen molar-refractivity contribution in [2.24, 2.45) is 0 Å². The number of thiophene rings is 1. The second-order valence-electron chi connectivity index (χ2n) is 3.95. The Hall–Kier alpha value is -2.01. The van der Waals surface area contributed by atoms with Gasteiger partial charge in [-0.2, -0.15) is 0 Å². The van der Waals surface area contributed by atoms with Gasteiger partial charge in [0.15, 0.2) is 0 Å². The Morgan fingerprint density at radius 3 is 2.42 bits per heavy atom. The van der Waals surface area contributed by atoms with Crippen molar-refractivity contribution in [3.8, 4) is 22.6 Å². The standard InChI is InChI=1S/C14H14O4S/c1-8-10(7-13(19-8)14(15)16)11-6-9(17-2)4-5-12(11)18-3/h4-7H,1-3H3,(H,15,16). The maximum atomic E-state index is 11.0. The maximum absolute atomic E-state index is 11.0. The molecule has 1 aromatic heterocycles. The molecular weight excluding hydrogens is 264 g/mol. The normalized spacial score (nSPS) is 10.3. The van der Waals surface area contributed by atoms with Gasteiger partial charge < -0.3 is 14.6 Å². The summed E-state index contributed by atoms with van der Waals surface area (Å²) in [5, 5.41) is 9.05. The number of rotatable bonds is 4. The van der Waals surface area contributed by atoms with E-state index in [9.17, 15) is 4.79 Å². The summed E-state index contributed by atoms with van der Waals surface area (Å²) >= 11 is 1.25. The minimum Gasteiger partial charge on any atom is -0.497 e. The van der Waals surface area contributed by atoms with Crippen LogP contribution in [-0.2, 0) is 0 Å². The lowest BCUT2D eigenvalue weighted by Crippen LogP contribution is -1.91. The third-order valence-electron chi connectivity index (χ3n) is 2.83. The fourth-order valence-electron chi connectivity index (χ4n) is 1.88. The summed E-state index contributed by atoms with van der Waals surface area (Å²) < 4.78 is 10.5. The maximum Gasteiger partial charge on any atom is 0.345 e. The van der Waals surface area contributed by atoms with E-state index in [1.165, 1.54) is 11.3 Å². The van der Waals surface area contributed by atoms with E-state index in [2.05, 4.69) is 0 Å². The minimum atomic E-state index is -0.916. The SMILES string of the molecule is COc1ccc(OC)c(-c2cc(C(=O)O)sc2C)c1. The second kappa shape index (κ2) is 5.32. The topological polar surface area (TPSA) is 55.8 Å². The van der Waals surface area contributed by atoms with Crippen molar-refractivity contribution >= 4 is 17.3 Å². The molecule has 0 aliphatic rings. The molecule has 100 valence electrons. The van der Waals surface area contributed by atoms with E-state index in [-0.39, 0.29) is 0 Å². The van der Waals surface area contributed by atoms with E-state index < -0.39 is 5.97 Å². The van der Waals surface area contributed by atoms with Gasteiger partial charge in [0, 0.05) is 16.0 Å². The van der Waals surface area contributed by atoms with Crippen LogP contribution >= 0.6 is 11.3 Å². The number of hydrogen-bond acceptors (Lipinski definition) is 4. The predicted octanol–water partition coefficient (Wildman–Crippen LogP) is 3.44. The molecule has 0 saturated carbocycles. The molecule has 0 atom stereocenters. The van der Waals surface area contributed by atoms with E-state index in [1.54, 1.807) is 20.3 Å². The molecule has 5 heteroatoms. The molecule has 0 aliphatic carbocycles. The Balaban J connectivity index is 2.59. The van der Waals surface area contributed by atoms with E-state index in [1.807, 2.05) is 25.1 Å². The van der Waals surface area contributed by atoms with Gasteiger partial charge in [-0.1, -0.05) is 0 Å². The van der Waals surface area contributed by atoms with Crippen LogP contribution in [0.1, 0.15) is 14.5 Å². The molecule has 0 saturated heterocycles. The van der Waals surface area contributed by atoms with Crippen LogP contribution in [0, 0.1) is 6.92 Å². The molecule has 1 N–H and O–H groups in total. The lowest BCUT2D eigenvalue weighted by Gasteiger charge is -2.10. The van der Waals surface area contributed by atoms with Crippen molar-refractivity contribution in [2.45, 2.75) is 6.92 Å². The van der Waals surface area contributed by atoms with E-state index in [0.29, 0.717) is 16.4 Å². The molecule has 0 amide bonds. The van der Waals surface area contributed by atoms with Gasteiger partial charge in [-0.05, 0) is 31.2 Å². The number of carboxylic acid groups (broad SMARTS) is 1. The summed E-state index contributed by atoms with van der Waals surface area (Å²) in [6.07, 6.45) is 0. The van der Waals surface area contributed by atoms with Crippen LogP contribution in [0.15, 0.2) is 24.3 Å². The third kappa shape index (κ3) is 2.56. The van der Waals surface area contributed by atoms with Gasteiger partial charge in [0.2, 0.25) is 0 Å². The first-order valence-corrected chi connectivity index (χ1v) is 6.44. The smallest absolute Gasteiger partial charge is 0.345 e. The fraction of sp³-hybridized carbons (Fsp3) is 0.214. The lowest BCUT2D eigenvalue weighted by molar-refractivity contribution is 0.0702. The largest absolute Gasteiger partial charge is 0.497 e. The van der Waals surface area contributed by atoms with Crippen LogP contribution < -0.4 is 9.47 Å². The Morgan fingerprint density at radius 2 is 1.89 bits per heavy atom. The summed E-state index contributed by atoms with van der Waals surface area (Å²) in [6, 6.07) is 7.13. The van der Waals surface area contributed by atoms with Crippen LogP contribution in [0.4, 0.5) is 0 Å². The van der Waals surface area contributed by atoms with Gasteiger partial charge in [0.1, 0.15) is 16.4 Å². The summed E-state index contributed by atoms with van der Waals surface area (Å²) in [5.74, 6) is 0.484. The number of benzene rings is 1. The van der Waals surface area contributed by atoms with Crippen molar-refractivity contribution in [3.63, 3.8) is 0 Å². The fourth-order valence-corrected chi connectivity index (χ4v) is 2.75. The van der Waals surface area contributed by atoms with E-state index >= 15 is 0 Å². The molecular formula is C14H14O4S. The van der Waals surface area contributed by atoms with Crippen LogP contribution in [0.5, 0.6) is 11.5 Å². The van der Waals surface area contributed by atoms with Gasteiger partial charge in [0.05, 0.1) is 14.2 Å². The monoisotopic (exact) mass is 278 g/mol. The Morgan fingerprint density at radius 1 is 1.16 bits per heavy atom. The van der Waals surface area contributed by atoms with E-state index in [4.69, 9.17) is 14.6 Å². The zero-order valence-electron chi connectivity index (χ0n) is 10.9. The third-order valence-corrected chi connectivity index (χ3v) is 3.86. The predicted molar refractivity (Wildman–Crippen MR) is 74.6 cm³/mol.